The van der Waals surface area contributed by atoms with Crippen LogP contribution in [0.15, 0.2) is 24.3 Å². The highest BCUT2D eigenvalue weighted by molar-refractivity contribution is 5.38. The smallest absolute Gasteiger partial charge is 0.0363 e. The van der Waals surface area contributed by atoms with Crippen LogP contribution in [0.4, 0.5) is 0 Å². The first-order valence-electron chi connectivity index (χ1n) is 4.41. The van der Waals surface area contributed by atoms with Crippen LogP contribution >= 0.6 is 0 Å². The van der Waals surface area contributed by atoms with Gasteiger partial charge >= 0.3 is 0 Å². The maximum absolute atomic E-state index is 2.31. The molecule has 0 atom stereocenters. The maximum atomic E-state index is 2.31. The molecule has 0 saturated carbocycles. The van der Waals surface area contributed by atoms with E-state index in [2.05, 4.69) is 48.4 Å². The van der Waals surface area contributed by atoms with Gasteiger partial charge in [0.05, 0.1) is 0 Å². The van der Waals surface area contributed by atoms with Crippen LogP contribution in [0.3, 0.4) is 0 Å². The van der Waals surface area contributed by atoms with Gasteiger partial charge in [0.15, 0.2) is 0 Å². The SMILES string of the molecule is CCN1C=c2ccccc2=CC1. The molecule has 0 radical (unpaired) electrons. The summed E-state index contributed by atoms with van der Waals surface area (Å²) in [5.41, 5.74) is 0. The summed E-state index contributed by atoms with van der Waals surface area (Å²) in [6.45, 7) is 4.32. The summed E-state index contributed by atoms with van der Waals surface area (Å²) >= 11 is 0. The van der Waals surface area contributed by atoms with Crippen molar-refractivity contribution in [3.05, 3.63) is 34.7 Å². The van der Waals surface area contributed by atoms with Crippen molar-refractivity contribution in [2.45, 2.75) is 6.92 Å². The van der Waals surface area contributed by atoms with Gasteiger partial charge in [-0.15, -0.1) is 0 Å². The summed E-state index contributed by atoms with van der Waals surface area (Å²) in [5.74, 6) is 0. The molecule has 1 aliphatic heterocycles. The van der Waals surface area contributed by atoms with E-state index in [1.807, 2.05) is 0 Å². The Kier molecular flexibility index (Phi) is 1.86. The van der Waals surface area contributed by atoms with E-state index in [1.165, 1.54) is 10.4 Å². The molecule has 0 N–H and O–H groups in total. The first-order valence-corrected chi connectivity index (χ1v) is 4.41. The zero-order valence-electron chi connectivity index (χ0n) is 7.33. The molecule has 0 amide bonds. The molecule has 0 fully saturated rings. The highest BCUT2D eigenvalue weighted by atomic mass is 15.1. The minimum Gasteiger partial charge on any atom is -0.373 e. The van der Waals surface area contributed by atoms with Crippen LogP contribution in [0.25, 0.3) is 12.3 Å². The third-order valence-corrected chi connectivity index (χ3v) is 2.27. The fourth-order valence-electron chi connectivity index (χ4n) is 1.50. The summed E-state index contributed by atoms with van der Waals surface area (Å²) in [5, 5.41) is 2.70. The van der Waals surface area contributed by atoms with E-state index in [0.717, 1.165) is 13.1 Å². The van der Waals surface area contributed by atoms with Crippen LogP contribution in [-0.2, 0) is 0 Å². The first kappa shape index (κ1) is 7.41. The van der Waals surface area contributed by atoms with Gasteiger partial charge in [-0.25, -0.2) is 0 Å². The molecule has 12 heavy (non-hydrogen) atoms. The largest absolute Gasteiger partial charge is 0.373 e. The predicted molar refractivity (Wildman–Crippen MR) is 51.9 cm³/mol. The number of hydrogen-bond acceptors (Lipinski definition) is 1. The Hall–Kier alpha value is -1.24. The van der Waals surface area contributed by atoms with Gasteiger partial charge < -0.3 is 4.90 Å². The minimum atomic E-state index is 1.05. The van der Waals surface area contributed by atoms with E-state index in [-0.39, 0.29) is 0 Å². The van der Waals surface area contributed by atoms with Gasteiger partial charge in [-0.1, -0.05) is 30.3 Å². The third kappa shape index (κ3) is 1.22. The molecule has 2 rings (SSSR count). The van der Waals surface area contributed by atoms with Crippen molar-refractivity contribution in [1.82, 2.24) is 4.90 Å². The van der Waals surface area contributed by atoms with E-state index in [4.69, 9.17) is 0 Å². The van der Waals surface area contributed by atoms with Gasteiger partial charge in [0.2, 0.25) is 0 Å². The van der Waals surface area contributed by atoms with E-state index in [9.17, 15) is 0 Å². The molecule has 1 aromatic carbocycles. The van der Waals surface area contributed by atoms with Crippen molar-refractivity contribution in [2.75, 3.05) is 13.1 Å². The van der Waals surface area contributed by atoms with Gasteiger partial charge in [-0.3, -0.25) is 0 Å². The van der Waals surface area contributed by atoms with Crippen molar-refractivity contribution >= 4 is 12.3 Å². The van der Waals surface area contributed by atoms with Crippen molar-refractivity contribution < 1.29 is 0 Å². The Morgan fingerprint density at radius 2 is 2.00 bits per heavy atom. The van der Waals surface area contributed by atoms with Crippen LogP contribution in [0.2, 0.25) is 0 Å². The molecule has 0 saturated heterocycles. The molecular weight excluding hydrogens is 146 g/mol. The Bertz CT molecular complexity index is 378. The van der Waals surface area contributed by atoms with Crippen LogP contribution in [0, 0.1) is 0 Å². The number of nitrogens with zero attached hydrogens (tertiary/aromatic N) is 1. The molecule has 1 aromatic rings. The summed E-state index contributed by atoms with van der Waals surface area (Å²) in [6, 6.07) is 8.50. The summed E-state index contributed by atoms with van der Waals surface area (Å²) in [4.78, 5) is 2.31. The van der Waals surface area contributed by atoms with Crippen molar-refractivity contribution in [1.29, 1.82) is 0 Å². The Morgan fingerprint density at radius 1 is 1.25 bits per heavy atom. The highest BCUT2D eigenvalue weighted by Gasteiger charge is 1.97. The van der Waals surface area contributed by atoms with Gasteiger partial charge in [-0.05, 0) is 17.4 Å². The molecule has 62 valence electrons. The first-order chi connectivity index (χ1) is 5.90. The monoisotopic (exact) mass is 159 g/mol. The standard InChI is InChI=1S/C11H13N/c1-2-12-8-7-10-5-3-4-6-11(10)9-12/h3-7,9H,2,8H2,1H3. The summed E-state index contributed by atoms with van der Waals surface area (Å²) < 4.78 is 0. The Balaban J connectivity index is 2.56. The lowest BCUT2D eigenvalue weighted by molar-refractivity contribution is 0.487. The summed E-state index contributed by atoms with van der Waals surface area (Å²) in [6.07, 6.45) is 4.51. The molecule has 1 aliphatic rings. The van der Waals surface area contributed by atoms with Gasteiger partial charge in [-0.2, -0.15) is 0 Å². The lowest BCUT2D eigenvalue weighted by Gasteiger charge is -2.18. The molecule has 0 spiro atoms. The van der Waals surface area contributed by atoms with E-state index in [0.29, 0.717) is 0 Å². The molecule has 0 bridgehead atoms. The highest BCUT2D eigenvalue weighted by Crippen LogP contribution is 1.91. The Labute approximate surface area is 72.6 Å². The average molecular weight is 159 g/mol. The number of rotatable bonds is 1. The van der Waals surface area contributed by atoms with Crippen LogP contribution < -0.4 is 10.4 Å². The molecule has 0 aromatic heterocycles. The van der Waals surface area contributed by atoms with Crippen LogP contribution in [0.5, 0.6) is 0 Å². The van der Waals surface area contributed by atoms with Crippen molar-refractivity contribution in [3.8, 4) is 0 Å². The quantitative estimate of drug-likeness (QED) is 0.578. The summed E-state index contributed by atoms with van der Waals surface area (Å²) in [7, 11) is 0. The van der Waals surface area contributed by atoms with Gasteiger partial charge in [0.1, 0.15) is 0 Å². The third-order valence-electron chi connectivity index (χ3n) is 2.27. The zero-order valence-corrected chi connectivity index (χ0v) is 7.33. The normalized spacial score (nSPS) is 14.6. The number of hydrogen-bond donors (Lipinski definition) is 0. The topological polar surface area (TPSA) is 3.24 Å². The molecule has 0 aliphatic carbocycles. The Morgan fingerprint density at radius 3 is 2.75 bits per heavy atom. The second-order valence-corrected chi connectivity index (χ2v) is 3.05. The second kappa shape index (κ2) is 3.02. The van der Waals surface area contributed by atoms with Crippen molar-refractivity contribution in [3.63, 3.8) is 0 Å². The van der Waals surface area contributed by atoms with Crippen LogP contribution in [0.1, 0.15) is 6.92 Å². The van der Waals surface area contributed by atoms with Gasteiger partial charge in [0, 0.05) is 19.3 Å². The fourth-order valence-corrected chi connectivity index (χ4v) is 1.50. The molecular formula is C11H13N. The van der Waals surface area contributed by atoms with Crippen molar-refractivity contribution in [2.24, 2.45) is 0 Å². The second-order valence-electron chi connectivity index (χ2n) is 3.05. The zero-order chi connectivity index (χ0) is 8.39. The van der Waals surface area contributed by atoms with Gasteiger partial charge in [0.25, 0.3) is 0 Å². The lowest BCUT2D eigenvalue weighted by atomic mass is 10.2. The lowest BCUT2D eigenvalue weighted by Crippen LogP contribution is -2.34. The average Bonchev–Trinajstić information content (AvgIpc) is 2.17. The molecule has 1 heterocycles. The number of fused-ring (bicyclic) bond motifs is 1. The van der Waals surface area contributed by atoms with Crippen LogP contribution in [-0.4, -0.2) is 18.0 Å². The van der Waals surface area contributed by atoms with E-state index >= 15 is 0 Å². The molecule has 1 heteroatoms. The maximum Gasteiger partial charge on any atom is 0.0363 e. The predicted octanol–water partition coefficient (Wildman–Crippen LogP) is 0.541. The van der Waals surface area contributed by atoms with E-state index in [1.54, 1.807) is 0 Å². The fraction of sp³-hybridized carbons (Fsp3) is 0.273. The van der Waals surface area contributed by atoms with E-state index < -0.39 is 0 Å². The number of benzene rings is 1. The molecule has 0 unspecified atom stereocenters. The minimum absolute atomic E-state index is 1.05. The molecule has 1 nitrogen and oxygen atoms in total.